The molecule has 4 heteroatoms. The Labute approximate surface area is 153 Å². The molecule has 24 heavy (non-hydrogen) atoms. The Balaban J connectivity index is 0.000000185. The summed E-state index contributed by atoms with van der Waals surface area (Å²) in [5.41, 5.74) is 6.16. The lowest BCUT2D eigenvalue weighted by molar-refractivity contribution is -0.105. The molecule has 1 aromatic rings. The average molecular weight is 362 g/mol. The van der Waals surface area contributed by atoms with E-state index in [1.165, 1.54) is 58.4 Å². The molecule has 2 aliphatic rings. The molecule has 0 saturated carbocycles. The monoisotopic (exact) mass is 361 g/mol. The lowest BCUT2D eigenvalue weighted by Gasteiger charge is -2.21. The van der Waals surface area contributed by atoms with E-state index in [-0.39, 0.29) is 0 Å². The minimum atomic E-state index is 0.766. The van der Waals surface area contributed by atoms with Gasteiger partial charge in [-0.1, -0.05) is 24.3 Å². The van der Waals surface area contributed by atoms with Gasteiger partial charge in [-0.2, -0.15) is 0 Å². The van der Waals surface area contributed by atoms with Crippen LogP contribution in [-0.4, -0.2) is 13.3 Å². The van der Waals surface area contributed by atoms with Crippen molar-refractivity contribution in [2.24, 2.45) is 0 Å². The van der Waals surface area contributed by atoms with Crippen LogP contribution in [0.4, 0.5) is 5.69 Å². The van der Waals surface area contributed by atoms with Crippen molar-refractivity contribution >= 4 is 33.6 Å². The molecule has 0 saturated heterocycles. The molecule has 1 aromatic carbocycles. The van der Waals surface area contributed by atoms with Crippen LogP contribution in [0.1, 0.15) is 37.3 Å². The summed E-state index contributed by atoms with van der Waals surface area (Å²) in [6, 6.07) is 4.25. The Morgan fingerprint density at radius 3 is 2.58 bits per heavy atom. The van der Waals surface area contributed by atoms with Crippen LogP contribution in [0, 0.1) is 0 Å². The van der Waals surface area contributed by atoms with E-state index in [2.05, 4.69) is 17.4 Å². The molecule has 0 bridgehead atoms. The third-order valence-corrected chi connectivity index (χ3v) is 5.47. The molecular formula is C20H24ClNOS. The fourth-order valence-corrected chi connectivity index (χ4v) is 3.90. The van der Waals surface area contributed by atoms with Gasteiger partial charge in [0, 0.05) is 17.6 Å². The van der Waals surface area contributed by atoms with Crippen molar-refractivity contribution in [3.63, 3.8) is 0 Å². The molecule has 0 fully saturated rings. The summed E-state index contributed by atoms with van der Waals surface area (Å²) in [5.74, 6) is 0. The van der Waals surface area contributed by atoms with Gasteiger partial charge < -0.3 is 5.32 Å². The van der Waals surface area contributed by atoms with E-state index in [0.717, 1.165) is 23.9 Å². The molecule has 0 spiro atoms. The SMILES string of the molecule is CC1=C(C=O)CC=CC=C1.CNc1ccc(SCl)c2c1CCCC2. The van der Waals surface area contributed by atoms with Crippen LogP contribution in [0.25, 0.3) is 0 Å². The Morgan fingerprint density at radius 1 is 1.17 bits per heavy atom. The minimum Gasteiger partial charge on any atom is -0.388 e. The largest absolute Gasteiger partial charge is 0.388 e. The van der Waals surface area contributed by atoms with Crippen LogP contribution < -0.4 is 5.32 Å². The smallest absolute Gasteiger partial charge is 0.146 e. The van der Waals surface area contributed by atoms with E-state index in [0.29, 0.717) is 0 Å². The molecule has 0 radical (unpaired) electrons. The van der Waals surface area contributed by atoms with E-state index in [4.69, 9.17) is 10.7 Å². The molecule has 1 N–H and O–H groups in total. The molecule has 3 rings (SSSR count). The second-order valence-electron chi connectivity index (χ2n) is 5.92. The van der Waals surface area contributed by atoms with Crippen LogP contribution in [0.5, 0.6) is 0 Å². The molecule has 0 aliphatic heterocycles. The number of carbonyl (C=O) groups is 1. The molecule has 0 unspecified atom stereocenters. The number of fused-ring (bicyclic) bond motifs is 1. The third-order valence-electron chi connectivity index (χ3n) is 4.42. The van der Waals surface area contributed by atoms with Gasteiger partial charge >= 0.3 is 0 Å². The highest BCUT2D eigenvalue weighted by Gasteiger charge is 2.16. The average Bonchev–Trinajstić information content (AvgIpc) is 2.85. The van der Waals surface area contributed by atoms with Gasteiger partial charge in [-0.05, 0) is 95.1 Å². The second kappa shape index (κ2) is 9.75. The third kappa shape index (κ3) is 4.78. The van der Waals surface area contributed by atoms with Gasteiger partial charge in [0.05, 0.1) is 0 Å². The quantitative estimate of drug-likeness (QED) is 0.682. The first-order valence-electron chi connectivity index (χ1n) is 8.30. The Morgan fingerprint density at radius 2 is 1.92 bits per heavy atom. The number of carbonyl (C=O) groups excluding carboxylic acids is 1. The van der Waals surface area contributed by atoms with Crippen LogP contribution in [0.2, 0.25) is 0 Å². The summed E-state index contributed by atoms with van der Waals surface area (Å²) in [4.78, 5) is 11.6. The van der Waals surface area contributed by atoms with E-state index in [1.54, 1.807) is 0 Å². The standard InChI is InChI=1S/C11H14ClNS.C9H10O/c1-13-10-6-7-11(14-12)9-5-3-2-4-8(9)10;1-8-5-3-2-4-6-9(8)7-10/h6-7,13H,2-5H2,1H3;2-5,7H,6H2,1H3. The highest BCUT2D eigenvalue weighted by Crippen LogP contribution is 2.36. The lowest BCUT2D eigenvalue weighted by atomic mass is 9.90. The maximum atomic E-state index is 10.4. The molecular weight excluding hydrogens is 338 g/mol. The number of hydrogen-bond donors (Lipinski definition) is 1. The van der Waals surface area contributed by atoms with E-state index in [1.807, 2.05) is 38.3 Å². The summed E-state index contributed by atoms with van der Waals surface area (Å²) in [5, 5.41) is 3.25. The number of halogens is 1. The number of rotatable bonds is 3. The highest BCUT2D eigenvalue weighted by molar-refractivity contribution is 8.21. The molecule has 0 atom stereocenters. The number of hydrogen-bond acceptors (Lipinski definition) is 3. The summed E-state index contributed by atoms with van der Waals surface area (Å²) in [7, 11) is 9.19. The summed E-state index contributed by atoms with van der Waals surface area (Å²) in [6.07, 6.45) is 14.5. The van der Waals surface area contributed by atoms with Crippen molar-refractivity contribution in [2.45, 2.75) is 43.9 Å². The van der Waals surface area contributed by atoms with Gasteiger partial charge in [-0.15, -0.1) is 0 Å². The van der Waals surface area contributed by atoms with Gasteiger partial charge in [-0.25, -0.2) is 0 Å². The zero-order valence-corrected chi connectivity index (χ0v) is 15.8. The van der Waals surface area contributed by atoms with Crippen LogP contribution >= 0.6 is 21.7 Å². The molecule has 0 heterocycles. The minimum absolute atomic E-state index is 0.766. The maximum Gasteiger partial charge on any atom is 0.146 e. The number of benzene rings is 1. The van der Waals surface area contributed by atoms with Crippen molar-refractivity contribution in [1.29, 1.82) is 0 Å². The van der Waals surface area contributed by atoms with Gasteiger partial charge in [0.15, 0.2) is 0 Å². The first-order chi connectivity index (χ1) is 11.7. The van der Waals surface area contributed by atoms with Crippen LogP contribution in [-0.2, 0) is 17.6 Å². The fraction of sp³-hybridized carbons (Fsp3) is 0.350. The van der Waals surface area contributed by atoms with Gasteiger partial charge in [-0.3, -0.25) is 4.79 Å². The van der Waals surface area contributed by atoms with Crippen molar-refractivity contribution in [3.8, 4) is 0 Å². The van der Waals surface area contributed by atoms with Crippen LogP contribution in [0.15, 0.2) is 52.5 Å². The van der Waals surface area contributed by atoms with Crippen LogP contribution in [0.3, 0.4) is 0 Å². The van der Waals surface area contributed by atoms with E-state index < -0.39 is 0 Å². The molecule has 128 valence electrons. The number of aldehydes is 1. The fourth-order valence-electron chi connectivity index (χ4n) is 3.02. The Kier molecular flexibility index (Phi) is 7.67. The molecule has 0 aromatic heterocycles. The van der Waals surface area contributed by atoms with Crippen molar-refractivity contribution in [1.82, 2.24) is 0 Å². The number of allylic oxidation sites excluding steroid dienone is 6. The van der Waals surface area contributed by atoms with E-state index in [9.17, 15) is 4.79 Å². The first-order valence-corrected chi connectivity index (χ1v) is 9.94. The predicted octanol–water partition coefficient (Wildman–Crippen LogP) is 5.87. The zero-order valence-electron chi connectivity index (χ0n) is 14.3. The van der Waals surface area contributed by atoms with Crippen molar-refractivity contribution < 1.29 is 4.79 Å². The van der Waals surface area contributed by atoms with E-state index >= 15 is 0 Å². The van der Waals surface area contributed by atoms with Gasteiger partial charge in [0.2, 0.25) is 0 Å². The Bertz CT molecular complexity index is 643. The zero-order chi connectivity index (χ0) is 17.4. The van der Waals surface area contributed by atoms with Crippen molar-refractivity contribution in [3.05, 3.63) is 58.7 Å². The highest BCUT2D eigenvalue weighted by atomic mass is 35.7. The predicted molar refractivity (Wildman–Crippen MR) is 106 cm³/mol. The van der Waals surface area contributed by atoms with Crippen molar-refractivity contribution in [2.75, 3.05) is 12.4 Å². The molecule has 0 amide bonds. The van der Waals surface area contributed by atoms with Gasteiger partial charge in [0.25, 0.3) is 0 Å². The molecule has 2 aliphatic carbocycles. The van der Waals surface area contributed by atoms with Gasteiger partial charge in [0.1, 0.15) is 6.29 Å². The first kappa shape index (κ1) is 18.9. The summed E-state index contributed by atoms with van der Waals surface area (Å²) < 4.78 is 0. The topological polar surface area (TPSA) is 29.1 Å². The second-order valence-corrected chi connectivity index (χ2v) is 6.98. The summed E-state index contributed by atoms with van der Waals surface area (Å²) in [6.45, 7) is 1.95. The Hall–Kier alpha value is -1.45. The normalized spacial score (nSPS) is 16.0. The number of nitrogens with one attached hydrogen (secondary N) is 1. The summed E-state index contributed by atoms with van der Waals surface area (Å²) >= 11 is 0. The lowest BCUT2D eigenvalue weighted by Crippen LogP contribution is -2.07. The molecule has 2 nitrogen and oxygen atoms in total. The number of anilines is 1. The maximum absolute atomic E-state index is 10.4.